The number of carbonyl (C=O) groups excluding carboxylic acids is 2. The molecule has 8 nitrogen and oxygen atoms in total. The van der Waals surface area contributed by atoms with Gasteiger partial charge in [-0.3, -0.25) is 29.4 Å². The molecule has 2 amide bonds. The summed E-state index contributed by atoms with van der Waals surface area (Å²) in [4.78, 5) is 38.7. The molecule has 0 bridgehead atoms. The quantitative estimate of drug-likeness (QED) is 0.275. The van der Waals surface area contributed by atoms with Crippen LogP contribution in [-0.2, 0) is 0 Å². The van der Waals surface area contributed by atoms with E-state index in [1.807, 2.05) is 50.2 Å². The first-order valence-corrected chi connectivity index (χ1v) is 15.9. The molecule has 0 saturated carbocycles. The highest BCUT2D eigenvalue weighted by Gasteiger charge is 2.41. The first-order chi connectivity index (χ1) is 23.0. The maximum Gasteiger partial charge on any atom is 0.260 e. The van der Waals surface area contributed by atoms with Crippen molar-refractivity contribution in [1.82, 2.24) is 9.80 Å². The van der Waals surface area contributed by atoms with Crippen LogP contribution >= 0.6 is 0 Å². The number of amides is 2. The zero-order valence-corrected chi connectivity index (χ0v) is 28.2. The normalized spacial score (nSPS) is 21.7. The van der Waals surface area contributed by atoms with E-state index < -0.39 is 0 Å². The highest BCUT2D eigenvalue weighted by atomic mass is 16.3. The Morgan fingerprint density at radius 1 is 0.604 bits per heavy atom. The Kier molecular flexibility index (Phi) is 9.86. The van der Waals surface area contributed by atoms with E-state index in [1.165, 1.54) is 0 Å². The Hall–Kier alpha value is -4.46. The molecule has 4 aromatic rings. The van der Waals surface area contributed by atoms with E-state index in [2.05, 4.69) is 58.6 Å². The molecule has 0 aromatic heterocycles. The molecule has 12 heteroatoms. The third-order valence-electron chi connectivity index (χ3n) is 9.99. The SMILES string of the molecule is Cc1c(O)ccc2ccc3c(c12)C(=O)N1C[C@H](C)[C@H](C)N=C31.Cc1c(O)ccc2ccc3c(c12)C1=N[C@H](C)[C@H](C)CN1C3=O.[B][B].[B][B]. The molecule has 0 aliphatic carbocycles. The number of aryl methyl sites for hydroxylation is 2. The lowest BCUT2D eigenvalue weighted by molar-refractivity contribution is 0.0826. The lowest BCUT2D eigenvalue weighted by Gasteiger charge is -2.30. The molecule has 4 aromatic carbocycles. The zero-order valence-electron chi connectivity index (χ0n) is 28.2. The molecular formula is C36H36B4N4O4. The summed E-state index contributed by atoms with van der Waals surface area (Å²) in [6.07, 6.45) is 0. The molecule has 2 N–H and O–H groups in total. The highest BCUT2D eigenvalue weighted by molar-refractivity contribution is 6.76. The molecule has 8 rings (SSSR count). The van der Waals surface area contributed by atoms with Gasteiger partial charge in [0.1, 0.15) is 23.2 Å². The van der Waals surface area contributed by atoms with Crippen molar-refractivity contribution in [3.8, 4) is 11.5 Å². The molecule has 0 saturated heterocycles. The van der Waals surface area contributed by atoms with Crippen molar-refractivity contribution in [3.63, 3.8) is 0 Å². The number of hydrogen-bond donors (Lipinski definition) is 2. The first-order valence-electron chi connectivity index (χ1n) is 15.9. The molecule has 0 spiro atoms. The smallest absolute Gasteiger partial charge is 0.260 e. The van der Waals surface area contributed by atoms with Gasteiger partial charge in [0.25, 0.3) is 11.8 Å². The second-order valence-corrected chi connectivity index (χ2v) is 12.8. The van der Waals surface area contributed by atoms with Gasteiger partial charge in [-0.2, -0.15) is 0 Å². The van der Waals surface area contributed by atoms with Crippen LogP contribution in [-0.4, -0.2) is 99.6 Å². The van der Waals surface area contributed by atoms with Gasteiger partial charge in [-0.25, -0.2) is 0 Å². The summed E-state index contributed by atoms with van der Waals surface area (Å²) in [6, 6.07) is 15.3. The Labute approximate surface area is 286 Å². The number of aliphatic imine (C=N–C) groups is 2. The number of benzene rings is 4. The van der Waals surface area contributed by atoms with Gasteiger partial charge in [-0.05, 0) is 91.1 Å². The van der Waals surface area contributed by atoms with E-state index in [-0.39, 0.29) is 35.4 Å². The topological polar surface area (TPSA) is 106 Å². The van der Waals surface area contributed by atoms with Crippen LogP contribution in [0.1, 0.15) is 70.7 Å². The van der Waals surface area contributed by atoms with Crippen LogP contribution in [0.4, 0.5) is 0 Å². The van der Waals surface area contributed by atoms with E-state index >= 15 is 0 Å². The van der Waals surface area contributed by atoms with Crippen LogP contribution in [0, 0.1) is 25.7 Å². The molecule has 8 radical (unpaired) electrons. The molecule has 4 heterocycles. The monoisotopic (exact) mass is 632 g/mol. The van der Waals surface area contributed by atoms with Crippen LogP contribution < -0.4 is 0 Å². The van der Waals surface area contributed by atoms with Crippen LogP contribution in [0.5, 0.6) is 11.5 Å². The van der Waals surface area contributed by atoms with Gasteiger partial charge >= 0.3 is 0 Å². The predicted molar refractivity (Wildman–Crippen MR) is 196 cm³/mol. The summed E-state index contributed by atoms with van der Waals surface area (Å²) >= 11 is 0. The lowest BCUT2D eigenvalue weighted by Crippen LogP contribution is -2.41. The largest absolute Gasteiger partial charge is 0.508 e. The van der Waals surface area contributed by atoms with Crippen molar-refractivity contribution in [1.29, 1.82) is 0 Å². The molecule has 0 unspecified atom stereocenters. The van der Waals surface area contributed by atoms with Gasteiger partial charge in [0.05, 0.1) is 23.2 Å². The van der Waals surface area contributed by atoms with Gasteiger partial charge in [-0.1, -0.05) is 38.1 Å². The Balaban J connectivity index is 0.000000170. The van der Waals surface area contributed by atoms with E-state index in [0.717, 1.165) is 55.5 Å². The summed E-state index contributed by atoms with van der Waals surface area (Å²) in [7, 11) is 16.0. The fraction of sp³-hybridized carbons (Fsp3) is 0.333. The van der Waals surface area contributed by atoms with Crippen molar-refractivity contribution in [2.75, 3.05) is 13.1 Å². The third kappa shape index (κ3) is 5.49. The van der Waals surface area contributed by atoms with Gasteiger partial charge in [0, 0.05) is 60.6 Å². The minimum Gasteiger partial charge on any atom is -0.508 e. The maximum atomic E-state index is 12.9. The summed E-state index contributed by atoms with van der Waals surface area (Å²) < 4.78 is 0. The van der Waals surface area contributed by atoms with Gasteiger partial charge < -0.3 is 10.2 Å². The number of amidine groups is 2. The second kappa shape index (κ2) is 13.6. The van der Waals surface area contributed by atoms with E-state index in [9.17, 15) is 19.8 Å². The Bertz CT molecular complexity index is 2010. The third-order valence-corrected chi connectivity index (χ3v) is 9.99. The molecule has 48 heavy (non-hydrogen) atoms. The number of carbonyl (C=O) groups is 2. The highest BCUT2D eigenvalue weighted by Crippen LogP contribution is 2.39. The number of hydrogen-bond acceptors (Lipinski definition) is 6. The average molecular weight is 632 g/mol. The average Bonchev–Trinajstić information content (AvgIpc) is 3.52. The molecule has 4 atom stereocenters. The summed E-state index contributed by atoms with van der Waals surface area (Å²) in [6.45, 7) is 13.6. The summed E-state index contributed by atoms with van der Waals surface area (Å²) in [5, 5.41) is 23.9. The maximum absolute atomic E-state index is 12.9. The van der Waals surface area contributed by atoms with Crippen molar-refractivity contribution in [2.45, 2.75) is 53.6 Å². The Morgan fingerprint density at radius 3 is 1.54 bits per heavy atom. The van der Waals surface area contributed by atoms with Crippen molar-refractivity contribution in [3.05, 3.63) is 81.9 Å². The number of nitrogens with zero attached hydrogens (tertiary/aromatic N) is 4. The zero-order chi connectivity index (χ0) is 35.2. The van der Waals surface area contributed by atoms with Crippen molar-refractivity contribution in [2.24, 2.45) is 21.8 Å². The standard InChI is InChI=1S/2C18H18N2O2.2B2/c1-9-8-20-17(19-11(9)3)16-13(18(20)22)6-4-12-5-7-14(21)10(2)15(12)16;1-9-8-20-17(19-11(9)3)13-6-4-12-5-7-14(21)10(2)15(12)16(13)18(20)22;2*1-2/h2*4-7,9,11,21H,8H2,1-3H3;;/t2*9-,11-;;/m10../s1. The minimum absolute atomic E-state index is 0.00630. The number of rotatable bonds is 0. The van der Waals surface area contributed by atoms with E-state index in [1.54, 1.807) is 21.9 Å². The van der Waals surface area contributed by atoms with Crippen LogP contribution in [0.3, 0.4) is 0 Å². The van der Waals surface area contributed by atoms with Crippen LogP contribution in [0.15, 0.2) is 58.5 Å². The number of phenolic OH excluding ortho intramolecular Hbond substituents is 2. The van der Waals surface area contributed by atoms with Crippen LogP contribution in [0.25, 0.3) is 21.5 Å². The van der Waals surface area contributed by atoms with Crippen molar-refractivity contribution < 1.29 is 19.8 Å². The van der Waals surface area contributed by atoms with Gasteiger partial charge in [0.15, 0.2) is 0 Å². The molecule has 4 aliphatic rings. The number of phenols is 2. The van der Waals surface area contributed by atoms with E-state index in [0.29, 0.717) is 36.1 Å². The van der Waals surface area contributed by atoms with Gasteiger partial charge in [0.2, 0.25) is 0 Å². The number of aromatic hydroxyl groups is 2. The lowest BCUT2D eigenvalue weighted by atomic mass is 9.81. The summed E-state index contributed by atoms with van der Waals surface area (Å²) in [5.41, 5.74) is 4.72. The fourth-order valence-electron chi connectivity index (χ4n) is 6.87. The summed E-state index contributed by atoms with van der Waals surface area (Å²) in [5.74, 6) is 2.77. The predicted octanol–water partition coefficient (Wildman–Crippen LogP) is 4.67. The molecule has 4 aliphatic heterocycles. The first kappa shape index (κ1) is 34.9. The fourth-order valence-corrected chi connectivity index (χ4v) is 6.87. The molecular weight excluding hydrogens is 596 g/mol. The molecule has 236 valence electrons. The minimum atomic E-state index is 0.00630. The van der Waals surface area contributed by atoms with Crippen molar-refractivity contribution >= 4 is 76.0 Å². The van der Waals surface area contributed by atoms with Gasteiger partial charge in [-0.15, -0.1) is 0 Å². The Morgan fingerprint density at radius 2 is 1.02 bits per heavy atom. The van der Waals surface area contributed by atoms with Crippen LogP contribution in [0.2, 0.25) is 0 Å². The van der Waals surface area contributed by atoms with E-state index in [4.69, 9.17) is 9.98 Å². The second-order valence-electron chi connectivity index (χ2n) is 12.8. The molecule has 0 fully saturated rings. The number of fused-ring (bicyclic) bond motifs is 10.